The molecule has 140 valence electrons. The average molecular weight is 428 g/mol. The van der Waals surface area contributed by atoms with Crippen molar-refractivity contribution in [1.29, 1.82) is 0 Å². The van der Waals surface area contributed by atoms with Crippen LogP contribution in [0.4, 0.5) is 13.2 Å². The molecule has 0 saturated carbocycles. The highest BCUT2D eigenvalue weighted by Gasteiger charge is 2.32. The number of alkyl halides is 3. The van der Waals surface area contributed by atoms with E-state index in [-0.39, 0.29) is 26.3 Å². The summed E-state index contributed by atoms with van der Waals surface area (Å²) < 4.78 is 46.1. The Morgan fingerprint density at radius 3 is 2.50 bits per heavy atom. The molecule has 26 heavy (non-hydrogen) atoms. The second kappa shape index (κ2) is 8.61. The van der Waals surface area contributed by atoms with Crippen molar-refractivity contribution in [1.82, 2.24) is 5.32 Å². The van der Waals surface area contributed by atoms with Crippen molar-refractivity contribution in [2.75, 3.05) is 6.61 Å². The Balaban J connectivity index is 1.88. The summed E-state index contributed by atoms with van der Waals surface area (Å²) in [5, 5.41) is 2.33. The summed E-state index contributed by atoms with van der Waals surface area (Å²) in [6, 6.07) is 6.65. The molecule has 0 fully saturated rings. The molecule has 1 N–H and O–H groups in total. The highest BCUT2D eigenvalue weighted by Crippen LogP contribution is 2.31. The zero-order chi connectivity index (χ0) is 19.3. The van der Waals surface area contributed by atoms with E-state index >= 15 is 0 Å². The van der Waals surface area contributed by atoms with E-state index in [2.05, 4.69) is 10.1 Å². The second-order valence-electron chi connectivity index (χ2n) is 4.75. The standard InChI is InChI=1S/C15H10Cl2F3NO4S/c16-11-5-9(13(17)26-11)14(23)24-7-12(22)21-6-8-3-1-2-4-10(8)25-15(18,19)20/h1-5H,6-7H2,(H,21,22). The molecule has 0 atom stereocenters. The first-order valence-electron chi connectivity index (χ1n) is 6.88. The van der Waals surface area contributed by atoms with Crippen LogP contribution >= 0.6 is 34.5 Å². The first kappa shape index (κ1) is 20.3. The molecule has 5 nitrogen and oxygen atoms in total. The summed E-state index contributed by atoms with van der Waals surface area (Å²) in [6.07, 6.45) is -4.85. The Labute approximate surface area is 159 Å². The highest BCUT2D eigenvalue weighted by atomic mass is 35.5. The first-order chi connectivity index (χ1) is 12.2. The van der Waals surface area contributed by atoms with Crippen molar-refractivity contribution in [2.45, 2.75) is 12.9 Å². The Kier molecular flexibility index (Phi) is 6.74. The molecule has 0 unspecified atom stereocenters. The van der Waals surface area contributed by atoms with Gasteiger partial charge in [-0.2, -0.15) is 0 Å². The molecule has 2 aromatic rings. The fourth-order valence-corrected chi connectivity index (χ4v) is 3.25. The summed E-state index contributed by atoms with van der Waals surface area (Å²) >= 11 is 12.5. The summed E-state index contributed by atoms with van der Waals surface area (Å²) in [5.74, 6) is -1.98. The number of nitrogens with one attached hydrogen (secondary N) is 1. The first-order valence-corrected chi connectivity index (χ1v) is 8.45. The number of ether oxygens (including phenoxy) is 2. The summed E-state index contributed by atoms with van der Waals surface area (Å²) in [4.78, 5) is 23.5. The molecular weight excluding hydrogens is 418 g/mol. The van der Waals surface area contributed by atoms with E-state index in [1.165, 1.54) is 24.3 Å². The van der Waals surface area contributed by atoms with Crippen molar-refractivity contribution in [3.05, 3.63) is 50.1 Å². The highest BCUT2D eigenvalue weighted by molar-refractivity contribution is 7.20. The predicted molar refractivity (Wildman–Crippen MR) is 89.6 cm³/mol. The lowest BCUT2D eigenvalue weighted by Crippen LogP contribution is -2.29. The second-order valence-corrected chi connectivity index (χ2v) is 7.03. The molecule has 0 radical (unpaired) electrons. The molecule has 0 aliphatic carbocycles. The van der Waals surface area contributed by atoms with Gasteiger partial charge in [0.2, 0.25) is 0 Å². The lowest BCUT2D eigenvalue weighted by molar-refractivity contribution is -0.274. The maximum Gasteiger partial charge on any atom is 0.573 e. The smallest absolute Gasteiger partial charge is 0.452 e. The van der Waals surface area contributed by atoms with Crippen molar-refractivity contribution in [2.24, 2.45) is 0 Å². The van der Waals surface area contributed by atoms with Gasteiger partial charge in [0.15, 0.2) is 6.61 Å². The van der Waals surface area contributed by atoms with Gasteiger partial charge in [-0.3, -0.25) is 4.79 Å². The van der Waals surface area contributed by atoms with E-state index in [0.717, 1.165) is 17.4 Å². The van der Waals surface area contributed by atoms with Gasteiger partial charge in [-0.1, -0.05) is 41.4 Å². The molecule has 0 bridgehead atoms. The third kappa shape index (κ3) is 6.08. The molecule has 1 amide bonds. The summed E-state index contributed by atoms with van der Waals surface area (Å²) in [5.41, 5.74) is 0.135. The normalized spacial score (nSPS) is 11.1. The molecule has 2 rings (SSSR count). The van der Waals surface area contributed by atoms with E-state index in [0.29, 0.717) is 0 Å². The van der Waals surface area contributed by atoms with E-state index in [4.69, 9.17) is 27.9 Å². The number of hydrogen-bond acceptors (Lipinski definition) is 5. The van der Waals surface area contributed by atoms with Gasteiger partial charge in [0, 0.05) is 12.1 Å². The van der Waals surface area contributed by atoms with Gasteiger partial charge in [-0.05, 0) is 12.1 Å². The minimum atomic E-state index is -4.85. The van der Waals surface area contributed by atoms with Crippen molar-refractivity contribution in [3.63, 3.8) is 0 Å². The number of esters is 1. The number of amides is 1. The van der Waals surface area contributed by atoms with Crippen molar-refractivity contribution in [3.8, 4) is 5.75 Å². The van der Waals surface area contributed by atoms with Crippen LogP contribution in [0.2, 0.25) is 8.67 Å². The van der Waals surface area contributed by atoms with Crippen LogP contribution in [0.25, 0.3) is 0 Å². The number of carbonyl (C=O) groups is 2. The predicted octanol–water partition coefficient (Wildman–Crippen LogP) is 4.43. The van der Waals surface area contributed by atoms with Crippen molar-refractivity contribution >= 4 is 46.4 Å². The largest absolute Gasteiger partial charge is 0.573 e. The lowest BCUT2D eigenvalue weighted by Gasteiger charge is -2.13. The molecule has 1 heterocycles. The van der Waals surface area contributed by atoms with Crippen LogP contribution in [0.5, 0.6) is 5.75 Å². The summed E-state index contributed by atoms with van der Waals surface area (Å²) in [7, 11) is 0. The van der Waals surface area contributed by atoms with Crippen molar-refractivity contribution < 1.29 is 32.2 Å². The fourth-order valence-electron chi connectivity index (χ4n) is 1.81. The number of thiophene rings is 1. The van der Waals surface area contributed by atoms with Crippen LogP contribution in [0.15, 0.2) is 30.3 Å². The zero-order valence-electron chi connectivity index (χ0n) is 12.7. The number of carbonyl (C=O) groups excluding carboxylic acids is 2. The van der Waals surface area contributed by atoms with Gasteiger partial charge in [0.25, 0.3) is 5.91 Å². The quantitative estimate of drug-likeness (QED) is 0.692. The Bertz CT molecular complexity index is 810. The monoisotopic (exact) mass is 427 g/mol. The third-order valence-corrected chi connectivity index (χ3v) is 4.37. The van der Waals surface area contributed by atoms with Crippen LogP contribution in [0, 0.1) is 0 Å². The minimum Gasteiger partial charge on any atom is -0.452 e. The Hall–Kier alpha value is -1.97. The Morgan fingerprint density at radius 2 is 1.88 bits per heavy atom. The van der Waals surface area contributed by atoms with Gasteiger partial charge < -0.3 is 14.8 Å². The van der Waals surface area contributed by atoms with E-state index in [1.807, 2.05) is 0 Å². The van der Waals surface area contributed by atoms with Gasteiger partial charge in [-0.15, -0.1) is 24.5 Å². The molecular formula is C15H10Cl2F3NO4S. The molecule has 11 heteroatoms. The third-order valence-electron chi connectivity index (χ3n) is 2.89. The summed E-state index contributed by atoms with van der Waals surface area (Å²) in [6.45, 7) is -0.876. The van der Waals surface area contributed by atoms with Gasteiger partial charge >= 0.3 is 12.3 Å². The SMILES string of the molecule is O=C(COC(=O)c1cc(Cl)sc1Cl)NCc1ccccc1OC(F)(F)F. The number of benzene rings is 1. The van der Waals surface area contributed by atoms with E-state index < -0.39 is 30.6 Å². The van der Waals surface area contributed by atoms with Crippen LogP contribution in [0.1, 0.15) is 15.9 Å². The number of rotatable bonds is 6. The molecule has 0 saturated heterocycles. The maximum absolute atomic E-state index is 12.3. The average Bonchev–Trinajstić information content (AvgIpc) is 2.89. The fraction of sp³-hybridized carbons (Fsp3) is 0.200. The number of hydrogen-bond donors (Lipinski definition) is 1. The van der Waals surface area contributed by atoms with Crippen LogP contribution < -0.4 is 10.1 Å². The van der Waals surface area contributed by atoms with Gasteiger partial charge in [0.1, 0.15) is 10.1 Å². The topological polar surface area (TPSA) is 64.6 Å². The maximum atomic E-state index is 12.3. The lowest BCUT2D eigenvalue weighted by atomic mass is 10.2. The Morgan fingerprint density at radius 1 is 1.19 bits per heavy atom. The molecule has 1 aromatic heterocycles. The van der Waals surface area contributed by atoms with Gasteiger partial charge in [-0.25, -0.2) is 4.79 Å². The van der Waals surface area contributed by atoms with Crippen LogP contribution in [-0.2, 0) is 16.1 Å². The van der Waals surface area contributed by atoms with E-state index in [1.54, 1.807) is 0 Å². The molecule has 0 spiro atoms. The minimum absolute atomic E-state index is 0.0263. The zero-order valence-corrected chi connectivity index (χ0v) is 15.1. The van der Waals surface area contributed by atoms with Crippen LogP contribution in [-0.4, -0.2) is 24.8 Å². The number of halogens is 5. The molecule has 1 aromatic carbocycles. The van der Waals surface area contributed by atoms with Crippen LogP contribution in [0.3, 0.4) is 0 Å². The number of para-hydroxylation sites is 1. The molecule has 0 aliphatic heterocycles. The molecule has 0 aliphatic rings. The van der Waals surface area contributed by atoms with E-state index in [9.17, 15) is 22.8 Å². The van der Waals surface area contributed by atoms with Gasteiger partial charge in [0.05, 0.1) is 9.90 Å².